The summed E-state index contributed by atoms with van der Waals surface area (Å²) in [5.74, 6) is 0.492. The maximum Gasteiger partial charge on any atom is 0.277 e. The monoisotopic (exact) mass is 396 g/mol. The molecule has 0 fully saturated rings. The van der Waals surface area contributed by atoms with E-state index in [9.17, 15) is 9.59 Å². The molecule has 0 saturated heterocycles. The standard InChI is InChI=1S/C21H28N6O2/c1-3-11-26(4-2)17-13-24-18-10-9-16(27(18)21(17)29)20(28)25-12-14-5-7-15(8-6-14)19(22)23/h5-8,13,16H,3-4,9-12H2,1-2H3,(H3,22,23)(H,25,28)/t16-/m0/s1. The molecule has 1 amide bonds. The van der Waals surface area contributed by atoms with E-state index >= 15 is 0 Å². The summed E-state index contributed by atoms with van der Waals surface area (Å²) in [5.41, 5.74) is 7.42. The van der Waals surface area contributed by atoms with Crippen LogP contribution in [0.25, 0.3) is 0 Å². The third-order valence-electron chi connectivity index (χ3n) is 5.26. The highest BCUT2D eigenvalue weighted by atomic mass is 16.2. The molecule has 29 heavy (non-hydrogen) atoms. The van der Waals surface area contributed by atoms with E-state index < -0.39 is 6.04 Å². The van der Waals surface area contributed by atoms with Crippen LogP contribution in [0.5, 0.6) is 0 Å². The van der Waals surface area contributed by atoms with E-state index in [1.165, 1.54) is 0 Å². The molecule has 1 aliphatic rings. The third-order valence-corrected chi connectivity index (χ3v) is 5.26. The molecule has 0 radical (unpaired) electrons. The molecule has 2 aromatic rings. The van der Waals surface area contributed by atoms with Crippen molar-refractivity contribution >= 4 is 17.4 Å². The molecular weight excluding hydrogens is 368 g/mol. The lowest BCUT2D eigenvalue weighted by Crippen LogP contribution is -2.38. The van der Waals surface area contributed by atoms with Gasteiger partial charge in [0.1, 0.15) is 23.4 Å². The van der Waals surface area contributed by atoms with Crippen LogP contribution in [0.3, 0.4) is 0 Å². The molecule has 2 heterocycles. The number of carbonyl (C=O) groups is 1. The largest absolute Gasteiger partial charge is 0.384 e. The number of benzene rings is 1. The molecule has 0 spiro atoms. The zero-order valence-electron chi connectivity index (χ0n) is 16.9. The number of carbonyl (C=O) groups excluding carboxylic acids is 1. The third kappa shape index (κ3) is 4.31. The topological polar surface area (TPSA) is 117 Å². The summed E-state index contributed by atoms with van der Waals surface area (Å²) in [6.45, 7) is 5.92. The summed E-state index contributed by atoms with van der Waals surface area (Å²) >= 11 is 0. The van der Waals surface area contributed by atoms with Gasteiger partial charge in [-0.1, -0.05) is 31.2 Å². The number of amidine groups is 1. The minimum Gasteiger partial charge on any atom is -0.384 e. The van der Waals surface area contributed by atoms with Gasteiger partial charge in [-0.25, -0.2) is 4.98 Å². The van der Waals surface area contributed by atoms with Gasteiger partial charge in [-0.2, -0.15) is 0 Å². The minimum absolute atomic E-state index is 0.00928. The number of fused-ring (bicyclic) bond motifs is 1. The maximum absolute atomic E-state index is 13.1. The van der Waals surface area contributed by atoms with Crippen molar-refractivity contribution in [2.75, 3.05) is 18.0 Å². The number of rotatable bonds is 8. The lowest BCUT2D eigenvalue weighted by molar-refractivity contribution is -0.124. The molecule has 0 saturated carbocycles. The summed E-state index contributed by atoms with van der Waals surface area (Å²) in [6, 6.07) is 6.62. The first-order valence-electron chi connectivity index (χ1n) is 10.0. The van der Waals surface area contributed by atoms with Crippen molar-refractivity contribution in [2.24, 2.45) is 5.73 Å². The predicted molar refractivity (Wildman–Crippen MR) is 113 cm³/mol. The number of nitrogen functional groups attached to an aromatic ring is 1. The molecule has 0 unspecified atom stereocenters. The summed E-state index contributed by atoms with van der Waals surface area (Å²) in [4.78, 5) is 32.4. The van der Waals surface area contributed by atoms with E-state index in [1.807, 2.05) is 24.0 Å². The van der Waals surface area contributed by atoms with E-state index in [-0.39, 0.29) is 17.3 Å². The van der Waals surface area contributed by atoms with Gasteiger partial charge in [0.2, 0.25) is 5.91 Å². The van der Waals surface area contributed by atoms with Crippen molar-refractivity contribution in [3.8, 4) is 0 Å². The van der Waals surface area contributed by atoms with Gasteiger partial charge in [0.05, 0.1) is 6.20 Å². The van der Waals surface area contributed by atoms with Crippen molar-refractivity contribution in [3.63, 3.8) is 0 Å². The quantitative estimate of drug-likeness (QED) is 0.462. The van der Waals surface area contributed by atoms with Crippen molar-refractivity contribution in [2.45, 2.75) is 45.7 Å². The maximum atomic E-state index is 13.1. The molecular formula is C21H28N6O2. The van der Waals surface area contributed by atoms with Gasteiger partial charge in [0.25, 0.3) is 5.56 Å². The van der Waals surface area contributed by atoms with Crippen LogP contribution >= 0.6 is 0 Å². The summed E-state index contributed by atoms with van der Waals surface area (Å²) in [6.07, 6.45) is 3.76. The highest BCUT2D eigenvalue weighted by Crippen LogP contribution is 2.24. The molecule has 1 aliphatic heterocycles. The normalized spacial score (nSPS) is 15.0. The minimum atomic E-state index is -0.540. The molecule has 0 aliphatic carbocycles. The molecule has 1 aromatic heterocycles. The molecule has 0 bridgehead atoms. The SMILES string of the molecule is CCCN(CC)c1cnc2n(c1=O)[C@H](C(=O)NCc1ccc(C(=N)N)cc1)CC2. The molecule has 154 valence electrons. The van der Waals surface area contributed by atoms with E-state index in [2.05, 4.69) is 17.2 Å². The van der Waals surface area contributed by atoms with Crippen LogP contribution < -0.4 is 21.5 Å². The summed E-state index contributed by atoms with van der Waals surface area (Å²) in [5, 5.41) is 10.4. The van der Waals surface area contributed by atoms with Gasteiger partial charge >= 0.3 is 0 Å². The average molecular weight is 396 g/mol. The Morgan fingerprint density at radius 1 is 1.34 bits per heavy atom. The fourth-order valence-corrected chi connectivity index (χ4v) is 3.69. The highest BCUT2D eigenvalue weighted by Gasteiger charge is 2.31. The Morgan fingerprint density at radius 3 is 2.69 bits per heavy atom. The lowest BCUT2D eigenvalue weighted by atomic mass is 10.1. The molecule has 1 aromatic carbocycles. The first-order chi connectivity index (χ1) is 14.0. The Kier molecular flexibility index (Phi) is 6.31. The number of amides is 1. The zero-order chi connectivity index (χ0) is 21.0. The average Bonchev–Trinajstić information content (AvgIpc) is 3.16. The summed E-state index contributed by atoms with van der Waals surface area (Å²) < 4.78 is 1.56. The van der Waals surface area contributed by atoms with E-state index in [1.54, 1.807) is 22.9 Å². The fraction of sp³-hybridized carbons (Fsp3) is 0.429. The Morgan fingerprint density at radius 2 is 2.07 bits per heavy atom. The van der Waals surface area contributed by atoms with Gasteiger partial charge in [-0.15, -0.1) is 0 Å². The lowest BCUT2D eigenvalue weighted by Gasteiger charge is -2.23. The van der Waals surface area contributed by atoms with Crippen LogP contribution in [0.2, 0.25) is 0 Å². The van der Waals surface area contributed by atoms with Crippen LogP contribution in [0.4, 0.5) is 5.69 Å². The van der Waals surface area contributed by atoms with Gasteiger partial charge < -0.3 is 16.0 Å². The number of nitrogens with two attached hydrogens (primary N) is 1. The number of hydrogen-bond donors (Lipinski definition) is 3. The molecule has 3 rings (SSSR count). The van der Waals surface area contributed by atoms with E-state index in [0.29, 0.717) is 36.5 Å². The van der Waals surface area contributed by atoms with Crippen molar-refractivity contribution in [3.05, 3.63) is 57.8 Å². The number of anilines is 1. The highest BCUT2D eigenvalue weighted by molar-refractivity contribution is 5.94. The Labute approximate surface area is 170 Å². The molecule has 1 atom stereocenters. The Hall–Kier alpha value is -3.16. The number of aryl methyl sites for hydroxylation is 1. The Bertz CT molecular complexity index is 951. The van der Waals surface area contributed by atoms with Crippen molar-refractivity contribution in [1.82, 2.24) is 14.9 Å². The number of nitrogens with one attached hydrogen (secondary N) is 2. The fourth-order valence-electron chi connectivity index (χ4n) is 3.69. The summed E-state index contributed by atoms with van der Waals surface area (Å²) in [7, 11) is 0. The van der Waals surface area contributed by atoms with Crippen LogP contribution in [0.15, 0.2) is 35.3 Å². The zero-order valence-corrected chi connectivity index (χ0v) is 16.9. The molecule has 8 heteroatoms. The first-order valence-corrected chi connectivity index (χ1v) is 10.0. The van der Waals surface area contributed by atoms with Crippen LogP contribution in [0, 0.1) is 5.41 Å². The van der Waals surface area contributed by atoms with Gasteiger partial charge in [-0.05, 0) is 25.3 Å². The van der Waals surface area contributed by atoms with E-state index in [4.69, 9.17) is 11.1 Å². The van der Waals surface area contributed by atoms with Crippen molar-refractivity contribution in [1.29, 1.82) is 5.41 Å². The second-order valence-corrected chi connectivity index (χ2v) is 7.20. The number of hydrogen-bond acceptors (Lipinski definition) is 5. The van der Waals surface area contributed by atoms with Crippen molar-refractivity contribution < 1.29 is 4.79 Å². The second-order valence-electron chi connectivity index (χ2n) is 7.20. The van der Waals surface area contributed by atoms with Crippen LogP contribution in [-0.4, -0.2) is 34.4 Å². The molecule has 4 N–H and O–H groups in total. The predicted octanol–water partition coefficient (Wildman–Crippen LogP) is 1.57. The van der Waals surface area contributed by atoms with Gasteiger partial charge in [0, 0.05) is 31.6 Å². The molecule has 8 nitrogen and oxygen atoms in total. The Balaban J connectivity index is 1.75. The van der Waals surface area contributed by atoms with Crippen LogP contribution in [0.1, 0.15) is 49.7 Å². The first kappa shape index (κ1) is 20.6. The van der Waals surface area contributed by atoms with Gasteiger partial charge in [0.15, 0.2) is 0 Å². The second kappa shape index (κ2) is 8.89. The van der Waals surface area contributed by atoms with E-state index in [0.717, 1.165) is 25.1 Å². The van der Waals surface area contributed by atoms with Crippen LogP contribution in [-0.2, 0) is 17.8 Å². The smallest absolute Gasteiger partial charge is 0.277 e. The van der Waals surface area contributed by atoms with Gasteiger partial charge in [-0.3, -0.25) is 19.6 Å². The number of nitrogens with zero attached hydrogens (tertiary/aromatic N) is 3. The number of aromatic nitrogens is 2.